The van der Waals surface area contributed by atoms with Crippen molar-refractivity contribution in [2.24, 2.45) is 5.92 Å². The molecule has 1 rings (SSSR count). The average molecular weight is 172 g/mol. The van der Waals surface area contributed by atoms with E-state index in [-0.39, 0.29) is 0 Å². The molecule has 1 aliphatic heterocycles. The van der Waals surface area contributed by atoms with Crippen molar-refractivity contribution in [3.8, 4) is 0 Å². The molecule has 0 unspecified atom stereocenters. The SMILES string of the molecule is CC(C)CP1CCCCCC1. The van der Waals surface area contributed by atoms with Gasteiger partial charge in [-0.3, -0.25) is 0 Å². The van der Waals surface area contributed by atoms with Crippen LogP contribution in [0.4, 0.5) is 0 Å². The second kappa shape index (κ2) is 5.14. The molecule has 1 fully saturated rings. The lowest BCUT2D eigenvalue weighted by molar-refractivity contribution is 0.726. The van der Waals surface area contributed by atoms with E-state index in [1.54, 1.807) is 12.3 Å². The Morgan fingerprint density at radius 2 is 1.55 bits per heavy atom. The van der Waals surface area contributed by atoms with Gasteiger partial charge >= 0.3 is 0 Å². The summed E-state index contributed by atoms with van der Waals surface area (Å²) in [6, 6.07) is 0. The molecule has 0 bridgehead atoms. The van der Waals surface area contributed by atoms with Crippen molar-refractivity contribution >= 4 is 7.92 Å². The molecular formula is C10H21P. The van der Waals surface area contributed by atoms with Gasteiger partial charge in [-0.1, -0.05) is 26.7 Å². The van der Waals surface area contributed by atoms with E-state index in [1.165, 1.54) is 31.8 Å². The van der Waals surface area contributed by atoms with Crippen molar-refractivity contribution in [2.75, 3.05) is 18.5 Å². The number of rotatable bonds is 2. The summed E-state index contributed by atoms with van der Waals surface area (Å²) in [6.07, 6.45) is 10.8. The first-order chi connectivity index (χ1) is 5.29. The first-order valence-electron chi connectivity index (χ1n) is 5.01. The lowest BCUT2D eigenvalue weighted by atomic mass is 10.2. The van der Waals surface area contributed by atoms with Gasteiger partial charge in [0.05, 0.1) is 0 Å². The Morgan fingerprint density at radius 1 is 1.00 bits per heavy atom. The van der Waals surface area contributed by atoms with Gasteiger partial charge in [0.1, 0.15) is 0 Å². The Morgan fingerprint density at radius 3 is 2.00 bits per heavy atom. The Bertz CT molecular complexity index is 91.0. The Balaban J connectivity index is 2.20. The largest absolute Gasteiger partial charge is 0.106 e. The van der Waals surface area contributed by atoms with E-state index in [0.29, 0.717) is 7.92 Å². The highest BCUT2D eigenvalue weighted by Gasteiger charge is 2.11. The summed E-state index contributed by atoms with van der Waals surface area (Å²) in [5.41, 5.74) is 0. The molecule has 0 N–H and O–H groups in total. The smallest absolute Gasteiger partial charge is 0.0303 e. The van der Waals surface area contributed by atoms with Crippen molar-refractivity contribution < 1.29 is 0 Å². The third-order valence-electron chi connectivity index (χ3n) is 2.32. The third-order valence-corrected chi connectivity index (χ3v) is 5.47. The van der Waals surface area contributed by atoms with E-state index < -0.39 is 0 Å². The zero-order valence-electron chi connectivity index (χ0n) is 7.97. The summed E-state index contributed by atoms with van der Waals surface area (Å²) in [4.78, 5) is 0. The van der Waals surface area contributed by atoms with Crippen molar-refractivity contribution in [3.63, 3.8) is 0 Å². The predicted molar refractivity (Wildman–Crippen MR) is 54.8 cm³/mol. The van der Waals surface area contributed by atoms with E-state index in [1.807, 2.05) is 0 Å². The molecule has 0 saturated carbocycles. The van der Waals surface area contributed by atoms with Crippen LogP contribution in [0.3, 0.4) is 0 Å². The molecule has 0 aromatic rings. The molecule has 0 spiro atoms. The van der Waals surface area contributed by atoms with Crippen molar-refractivity contribution in [1.29, 1.82) is 0 Å². The van der Waals surface area contributed by atoms with E-state index in [0.717, 1.165) is 5.92 Å². The van der Waals surface area contributed by atoms with Crippen molar-refractivity contribution in [2.45, 2.75) is 39.5 Å². The highest BCUT2D eigenvalue weighted by molar-refractivity contribution is 7.57. The molecule has 0 radical (unpaired) electrons. The van der Waals surface area contributed by atoms with Crippen LogP contribution in [0.2, 0.25) is 0 Å². The number of hydrogen-bond donors (Lipinski definition) is 0. The van der Waals surface area contributed by atoms with Crippen LogP contribution in [0, 0.1) is 5.92 Å². The van der Waals surface area contributed by atoms with Crippen LogP contribution < -0.4 is 0 Å². The van der Waals surface area contributed by atoms with E-state index >= 15 is 0 Å². The molecule has 0 aromatic heterocycles. The maximum absolute atomic E-state index is 2.37. The zero-order chi connectivity index (χ0) is 8.10. The predicted octanol–water partition coefficient (Wildman–Crippen LogP) is 3.70. The first-order valence-corrected chi connectivity index (χ1v) is 6.91. The van der Waals surface area contributed by atoms with E-state index in [2.05, 4.69) is 13.8 Å². The van der Waals surface area contributed by atoms with Gasteiger partial charge in [0.2, 0.25) is 0 Å². The maximum Gasteiger partial charge on any atom is -0.0303 e. The van der Waals surface area contributed by atoms with E-state index in [4.69, 9.17) is 0 Å². The monoisotopic (exact) mass is 172 g/mol. The minimum absolute atomic E-state index is 0.462. The molecule has 0 amide bonds. The fourth-order valence-corrected chi connectivity index (χ4v) is 4.80. The van der Waals surface area contributed by atoms with Gasteiger partial charge in [0.15, 0.2) is 0 Å². The molecule has 1 heterocycles. The molecule has 0 nitrogen and oxygen atoms in total. The normalized spacial score (nSPS) is 22.1. The Kier molecular flexibility index (Phi) is 4.45. The zero-order valence-corrected chi connectivity index (χ0v) is 8.87. The van der Waals surface area contributed by atoms with Gasteiger partial charge in [-0.05, 0) is 37.2 Å². The van der Waals surface area contributed by atoms with Gasteiger partial charge < -0.3 is 0 Å². The summed E-state index contributed by atoms with van der Waals surface area (Å²) in [7, 11) is 0.462. The van der Waals surface area contributed by atoms with Gasteiger partial charge in [-0.15, -0.1) is 7.92 Å². The molecule has 0 aromatic carbocycles. The fourth-order valence-electron chi connectivity index (χ4n) is 1.84. The van der Waals surface area contributed by atoms with Gasteiger partial charge in [0, 0.05) is 0 Å². The number of hydrogen-bond acceptors (Lipinski definition) is 0. The van der Waals surface area contributed by atoms with Crippen LogP contribution in [0.5, 0.6) is 0 Å². The summed E-state index contributed by atoms with van der Waals surface area (Å²) in [5.74, 6) is 0.944. The molecule has 0 aliphatic carbocycles. The van der Waals surface area contributed by atoms with Crippen molar-refractivity contribution in [1.82, 2.24) is 0 Å². The molecule has 1 aliphatic rings. The van der Waals surface area contributed by atoms with Crippen LogP contribution in [0.1, 0.15) is 39.5 Å². The van der Waals surface area contributed by atoms with Gasteiger partial charge in [0.25, 0.3) is 0 Å². The summed E-state index contributed by atoms with van der Waals surface area (Å²) < 4.78 is 0. The molecule has 0 atom stereocenters. The lowest BCUT2D eigenvalue weighted by Gasteiger charge is -2.16. The fraction of sp³-hybridized carbons (Fsp3) is 1.00. The lowest BCUT2D eigenvalue weighted by Crippen LogP contribution is -1.98. The summed E-state index contributed by atoms with van der Waals surface area (Å²) in [5, 5.41) is 0. The Hall–Kier alpha value is 0.430. The summed E-state index contributed by atoms with van der Waals surface area (Å²) >= 11 is 0. The van der Waals surface area contributed by atoms with Crippen LogP contribution in [0.15, 0.2) is 0 Å². The summed E-state index contributed by atoms with van der Waals surface area (Å²) in [6.45, 7) is 4.74. The molecule has 66 valence electrons. The topological polar surface area (TPSA) is 0 Å². The standard InChI is InChI=1S/C10H21P/c1-10(2)9-11-7-5-3-4-6-8-11/h10H,3-9H2,1-2H3. The van der Waals surface area contributed by atoms with Crippen LogP contribution in [-0.4, -0.2) is 18.5 Å². The maximum atomic E-state index is 2.37. The highest BCUT2D eigenvalue weighted by atomic mass is 31.1. The molecular weight excluding hydrogens is 151 g/mol. The molecule has 11 heavy (non-hydrogen) atoms. The molecule has 1 heteroatoms. The van der Waals surface area contributed by atoms with Gasteiger partial charge in [-0.2, -0.15) is 0 Å². The average Bonchev–Trinajstić information content (AvgIpc) is 2.14. The minimum Gasteiger partial charge on any atom is -0.106 e. The molecule has 1 saturated heterocycles. The first kappa shape index (κ1) is 9.52. The second-order valence-corrected chi connectivity index (χ2v) is 6.71. The van der Waals surface area contributed by atoms with E-state index in [9.17, 15) is 0 Å². The quantitative estimate of drug-likeness (QED) is 0.557. The minimum atomic E-state index is 0.462. The highest BCUT2D eigenvalue weighted by Crippen LogP contribution is 2.41. The van der Waals surface area contributed by atoms with Crippen molar-refractivity contribution in [3.05, 3.63) is 0 Å². The second-order valence-electron chi connectivity index (χ2n) is 4.11. The van der Waals surface area contributed by atoms with Crippen LogP contribution in [-0.2, 0) is 0 Å². The third kappa shape index (κ3) is 4.11. The van der Waals surface area contributed by atoms with Crippen LogP contribution >= 0.6 is 7.92 Å². The van der Waals surface area contributed by atoms with Gasteiger partial charge in [-0.25, -0.2) is 0 Å². The van der Waals surface area contributed by atoms with Crippen LogP contribution in [0.25, 0.3) is 0 Å². The Labute approximate surface area is 72.5 Å².